The molecule has 0 heterocycles. The van der Waals surface area contributed by atoms with Crippen molar-refractivity contribution in [2.45, 2.75) is 50.5 Å². The van der Waals surface area contributed by atoms with E-state index in [4.69, 9.17) is 0 Å². The molecule has 0 radical (unpaired) electrons. The monoisotopic (exact) mass is 299 g/mol. The van der Waals surface area contributed by atoms with E-state index < -0.39 is 16.1 Å². The van der Waals surface area contributed by atoms with Crippen LogP contribution in [0.2, 0.25) is 0 Å². The maximum absolute atomic E-state index is 12.3. The first kappa shape index (κ1) is 17.1. The molecule has 0 bridgehead atoms. The summed E-state index contributed by atoms with van der Waals surface area (Å²) in [7, 11) is -1.92. The Kier molecular flexibility index (Phi) is 6.17. The number of aliphatic hydroxyl groups is 1. The first-order valence-electron chi connectivity index (χ1n) is 7.03. The molecule has 2 atom stereocenters. The minimum atomic E-state index is -3.46. The molecule has 5 heteroatoms. The number of rotatable bonds is 7. The van der Waals surface area contributed by atoms with Gasteiger partial charge in [-0.25, -0.2) is 12.7 Å². The van der Waals surface area contributed by atoms with E-state index in [0.29, 0.717) is 23.8 Å². The van der Waals surface area contributed by atoms with Gasteiger partial charge >= 0.3 is 0 Å². The lowest BCUT2D eigenvalue weighted by Crippen LogP contribution is -2.29. The second-order valence-electron chi connectivity index (χ2n) is 5.34. The zero-order valence-electron chi connectivity index (χ0n) is 12.7. The summed E-state index contributed by atoms with van der Waals surface area (Å²) < 4.78 is 26.0. The summed E-state index contributed by atoms with van der Waals surface area (Å²) in [5, 5.41) is 9.24. The van der Waals surface area contributed by atoms with Crippen molar-refractivity contribution >= 4 is 10.0 Å². The van der Waals surface area contributed by atoms with Crippen LogP contribution in [0.15, 0.2) is 29.2 Å². The highest BCUT2D eigenvalue weighted by Crippen LogP contribution is 2.22. The quantitative estimate of drug-likeness (QED) is 0.842. The molecule has 20 heavy (non-hydrogen) atoms. The molecule has 0 fully saturated rings. The van der Waals surface area contributed by atoms with Crippen LogP contribution in [0.5, 0.6) is 0 Å². The van der Waals surface area contributed by atoms with Gasteiger partial charge in [-0.3, -0.25) is 0 Å². The van der Waals surface area contributed by atoms with Gasteiger partial charge in [-0.2, -0.15) is 0 Å². The lowest BCUT2D eigenvalue weighted by molar-refractivity contribution is 0.177. The molecule has 0 saturated carbocycles. The molecule has 0 spiro atoms. The van der Waals surface area contributed by atoms with Gasteiger partial charge in [0.15, 0.2) is 0 Å². The van der Waals surface area contributed by atoms with E-state index in [-0.39, 0.29) is 0 Å². The van der Waals surface area contributed by atoms with E-state index in [0.717, 1.165) is 12.0 Å². The maximum atomic E-state index is 12.3. The van der Waals surface area contributed by atoms with Crippen LogP contribution < -0.4 is 0 Å². The predicted molar refractivity (Wildman–Crippen MR) is 81.3 cm³/mol. The Balaban J connectivity index is 2.87. The highest BCUT2D eigenvalue weighted by atomic mass is 32.2. The topological polar surface area (TPSA) is 57.6 Å². The Bertz CT molecular complexity index is 508. The summed E-state index contributed by atoms with van der Waals surface area (Å²) in [6.07, 6.45) is 0.960. The molecule has 1 rings (SSSR count). The number of hydrogen-bond donors (Lipinski definition) is 1. The Morgan fingerprint density at radius 2 is 1.75 bits per heavy atom. The van der Waals surface area contributed by atoms with E-state index >= 15 is 0 Å². The van der Waals surface area contributed by atoms with Crippen molar-refractivity contribution in [3.8, 4) is 0 Å². The van der Waals surface area contributed by atoms with Gasteiger partial charge in [0.25, 0.3) is 0 Å². The second-order valence-corrected chi connectivity index (χ2v) is 7.39. The number of hydrogen-bond acceptors (Lipinski definition) is 3. The minimum absolute atomic E-state index is 0.303. The van der Waals surface area contributed by atoms with Crippen LogP contribution in [0.1, 0.15) is 45.1 Å². The molecule has 114 valence electrons. The lowest BCUT2D eigenvalue weighted by atomic mass is 9.99. The number of aliphatic hydroxyl groups excluding tert-OH is 1. The van der Waals surface area contributed by atoms with E-state index in [2.05, 4.69) is 13.8 Å². The van der Waals surface area contributed by atoms with Crippen molar-refractivity contribution in [2.75, 3.05) is 13.6 Å². The van der Waals surface area contributed by atoms with Crippen molar-refractivity contribution in [3.05, 3.63) is 29.8 Å². The van der Waals surface area contributed by atoms with Gasteiger partial charge in [-0.15, -0.1) is 0 Å². The van der Waals surface area contributed by atoms with E-state index in [9.17, 15) is 13.5 Å². The van der Waals surface area contributed by atoms with Gasteiger partial charge in [0.05, 0.1) is 11.0 Å². The van der Waals surface area contributed by atoms with Gasteiger partial charge in [0, 0.05) is 13.6 Å². The smallest absolute Gasteiger partial charge is 0.242 e. The lowest BCUT2D eigenvalue weighted by Gasteiger charge is -2.18. The van der Waals surface area contributed by atoms with Crippen molar-refractivity contribution in [3.63, 3.8) is 0 Å². The first-order valence-corrected chi connectivity index (χ1v) is 8.47. The van der Waals surface area contributed by atoms with Gasteiger partial charge < -0.3 is 5.11 Å². The molecule has 1 N–H and O–H groups in total. The maximum Gasteiger partial charge on any atom is 0.242 e. The van der Waals surface area contributed by atoms with Crippen LogP contribution >= 0.6 is 0 Å². The third kappa shape index (κ3) is 4.30. The average Bonchev–Trinajstić information content (AvgIpc) is 2.43. The van der Waals surface area contributed by atoms with E-state index in [1.807, 2.05) is 12.1 Å². The molecule has 0 aliphatic rings. The van der Waals surface area contributed by atoms with Gasteiger partial charge in [0.1, 0.15) is 0 Å². The molecule has 0 saturated heterocycles. The minimum Gasteiger partial charge on any atom is -0.393 e. The SMILES string of the molecule is CCC(C)c1ccc(S(=O)(=O)N(C)CCC(C)O)cc1. The van der Waals surface area contributed by atoms with Crippen molar-refractivity contribution in [1.82, 2.24) is 4.31 Å². The number of benzene rings is 1. The summed E-state index contributed by atoms with van der Waals surface area (Å²) in [4.78, 5) is 0.303. The third-order valence-corrected chi connectivity index (χ3v) is 5.50. The van der Waals surface area contributed by atoms with Gasteiger partial charge in [0.2, 0.25) is 10.0 Å². The fourth-order valence-corrected chi connectivity index (χ4v) is 3.06. The summed E-state index contributed by atoms with van der Waals surface area (Å²) in [5.41, 5.74) is 1.15. The normalized spacial score (nSPS) is 15.3. The Morgan fingerprint density at radius 3 is 2.20 bits per heavy atom. The molecule has 1 aromatic carbocycles. The van der Waals surface area contributed by atoms with Crippen molar-refractivity contribution in [2.24, 2.45) is 0 Å². The molecule has 0 aromatic heterocycles. The fraction of sp³-hybridized carbons (Fsp3) is 0.600. The molecular formula is C15H25NO3S. The third-order valence-electron chi connectivity index (χ3n) is 3.63. The Labute approximate surface area is 122 Å². The predicted octanol–water partition coefficient (Wildman–Crippen LogP) is 2.59. The van der Waals surface area contributed by atoms with Crippen molar-refractivity contribution < 1.29 is 13.5 Å². The van der Waals surface area contributed by atoms with Gasteiger partial charge in [-0.1, -0.05) is 26.0 Å². The molecule has 4 nitrogen and oxygen atoms in total. The summed E-state index contributed by atoms with van der Waals surface area (Å²) in [6.45, 7) is 6.20. The Hall–Kier alpha value is -0.910. The molecule has 1 aromatic rings. The van der Waals surface area contributed by atoms with Crippen LogP contribution in [-0.4, -0.2) is 37.5 Å². The largest absolute Gasteiger partial charge is 0.393 e. The molecular weight excluding hydrogens is 274 g/mol. The molecule has 0 aliphatic carbocycles. The zero-order chi connectivity index (χ0) is 15.3. The van der Waals surface area contributed by atoms with Crippen LogP contribution in [0, 0.1) is 0 Å². The highest BCUT2D eigenvalue weighted by molar-refractivity contribution is 7.89. The Morgan fingerprint density at radius 1 is 1.20 bits per heavy atom. The molecule has 0 aliphatic heterocycles. The highest BCUT2D eigenvalue weighted by Gasteiger charge is 2.20. The van der Waals surface area contributed by atoms with Gasteiger partial charge in [-0.05, 0) is 43.4 Å². The number of nitrogens with zero attached hydrogens (tertiary/aromatic N) is 1. The first-order chi connectivity index (χ1) is 9.28. The fourth-order valence-electron chi connectivity index (χ4n) is 1.87. The van der Waals surface area contributed by atoms with Crippen molar-refractivity contribution in [1.29, 1.82) is 0 Å². The average molecular weight is 299 g/mol. The summed E-state index contributed by atoms with van der Waals surface area (Å²) >= 11 is 0. The molecule has 0 amide bonds. The second kappa shape index (κ2) is 7.20. The summed E-state index contributed by atoms with van der Waals surface area (Å²) in [5.74, 6) is 0.430. The number of sulfonamides is 1. The zero-order valence-corrected chi connectivity index (χ0v) is 13.5. The standard InChI is InChI=1S/C15H25NO3S/c1-5-12(2)14-6-8-15(9-7-14)20(18,19)16(4)11-10-13(3)17/h6-9,12-13,17H,5,10-11H2,1-4H3. The van der Waals surface area contributed by atoms with Crippen LogP contribution in [0.4, 0.5) is 0 Å². The van der Waals surface area contributed by atoms with E-state index in [1.54, 1.807) is 26.1 Å². The van der Waals surface area contributed by atoms with Crippen LogP contribution in [-0.2, 0) is 10.0 Å². The molecule has 2 unspecified atom stereocenters. The van der Waals surface area contributed by atoms with Crippen LogP contribution in [0.3, 0.4) is 0 Å². The van der Waals surface area contributed by atoms with Crippen LogP contribution in [0.25, 0.3) is 0 Å². The van der Waals surface area contributed by atoms with E-state index in [1.165, 1.54) is 4.31 Å². The summed E-state index contributed by atoms with van der Waals surface area (Å²) in [6, 6.07) is 7.08.